The molecule has 0 saturated heterocycles. The molecule has 0 spiro atoms. The highest BCUT2D eigenvalue weighted by Crippen LogP contribution is 2.32. The zero-order chi connectivity index (χ0) is 14.8. The average Bonchev–Trinajstić information content (AvgIpc) is 2.48. The summed E-state index contributed by atoms with van der Waals surface area (Å²) in [6.07, 6.45) is 1.90. The summed E-state index contributed by atoms with van der Waals surface area (Å²) in [5.74, 6) is 0. The van der Waals surface area contributed by atoms with E-state index in [-0.39, 0.29) is 6.04 Å². The SMILES string of the molecule is CC(N)Cc1c(Cl)cccc1N1CCc2ccccc2C1. The van der Waals surface area contributed by atoms with Crippen molar-refractivity contribution in [2.75, 3.05) is 11.4 Å². The first-order valence-electron chi connectivity index (χ1n) is 7.50. The molecule has 2 N–H and O–H groups in total. The molecular weight excluding hydrogens is 280 g/mol. The van der Waals surface area contributed by atoms with E-state index < -0.39 is 0 Å². The van der Waals surface area contributed by atoms with Gasteiger partial charge in [-0.1, -0.05) is 41.9 Å². The van der Waals surface area contributed by atoms with Gasteiger partial charge in [0.2, 0.25) is 0 Å². The first-order valence-corrected chi connectivity index (χ1v) is 7.87. The Bertz CT molecular complexity index is 637. The number of rotatable bonds is 3. The molecular formula is C18H21ClN2. The summed E-state index contributed by atoms with van der Waals surface area (Å²) < 4.78 is 0. The lowest BCUT2D eigenvalue weighted by atomic mass is 9.97. The summed E-state index contributed by atoms with van der Waals surface area (Å²) in [6.45, 7) is 4.00. The van der Waals surface area contributed by atoms with Gasteiger partial charge in [0.15, 0.2) is 0 Å². The number of halogens is 1. The van der Waals surface area contributed by atoms with Gasteiger partial charge >= 0.3 is 0 Å². The van der Waals surface area contributed by atoms with Crippen molar-refractivity contribution >= 4 is 17.3 Å². The fraction of sp³-hybridized carbons (Fsp3) is 0.333. The third-order valence-corrected chi connectivity index (χ3v) is 4.45. The largest absolute Gasteiger partial charge is 0.367 e. The van der Waals surface area contributed by atoms with Crippen LogP contribution in [0.3, 0.4) is 0 Å². The van der Waals surface area contributed by atoms with Crippen molar-refractivity contribution in [3.8, 4) is 0 Å². The van der Waals surface area contributed by atoms with Crippen molar-refractivity contribution in [2.45, 2.75) is 32.4 Å². The van der Waals surface area contributed by atoms with E-state index in [9.17, 15) is 0 Å². The Balaban J connectivity index is 1.93. The van der Waals surface area contributed by atoms with Crippen LogP contribution in [-0.4, -0.2) is 12.6 Å². The van der Waals surface area contributed by atoms with Gasteiger partial charge in [-0.05, 0) is 48.6 Å². The molecule has 1 aliphatic rings. The molecule has 2 aromatic rings. The third kappa shape index (κ3) is 3.07. The first-order chi connectivity index (χ1) is 10.1. The molecule has 0 bridgehead atoms. The summed E-state index contributed by atoms with van der Waals surface area (Å²) in [5.41, 5.74) is 11.3. The molecule has 110 valence electrons. The van der Waals surface area contributed by atoms with Gasteiger partial charge in [0, 0.05) is 29.8 Å². The molecule has 1 atom stereocenters. The van der Waals surface area contributed by atoms with Crippen LogP contribution in [-0.2, 0) is 19.4 Å². The van der Waals surface area contributed by atoms with Crippen molar-refractivity contribution in [3.63, 3.8) is 0 Å². The van der Waals surface area contributed by atoms with Crippen molar-refractivity contribution < 1.29 is 0 Å². The van der Waals surface area contributed by atoms with Crippen LogP contribution in [0.2, 0.25) is 5.02 Å². The molecule has 1 unspecified atom stereocenters. The highest BCUT2D eigenvalue weighted by molar-refractivity contribution is 6.31. The number of anilines is 1. The Kier molecular flexibility index (Phi) is 4.18. The van der Waals surface area contributed by atoms with E-state index in [1.54, 1.807) is 0 Å². The van der Waals surface area contributed by atoms with Crippen molar-refractivity contribution in [1.29, 1.82) is 0 Å². The van der Waals surface area contributed by atoms with Crippen molar-refractivity contribution in [3.05, 3.63) is 64.2 Å². The minimum Gasteiger partial charge on any atom is -0.367 e. The highest BCUT2D eigenvalue weighted by atomic mass is 35.5. The van der Waals surface area contributed by atoms with Gasteiger partial charge in [-0.25, -0.2) is 0 Å². The van der Waals surface area contributed by atoms with E-state index in [2.05, 4.69) is 35.2 Å². The molecule has 0 aromatic heterocycles. The van der Waals surface area contributed by atoms with Crippen LogP contribution in [0.25, 0.3) is 0 Å². The van der Waals surface area contributed by atoms with E-state index in [0.29, 0.717) is 0 Å². The van der Waals surface area contributed by atoms with Gasteiger partial charge in [0.25, 0.3) is 0 Å². The third-order valence-electron chi connectivity index (χ3n) is 4.09. The lowest BCUT2D eigenvalue weighted by Gasteiger charge is -2.33. The summed E-state index contributed by atoms with van der Waals surface area (Å²) in [6, 6.07) is 14.9. The molecule has 0 radical (unpaired) electrons. The second-order valence-electron chi connectivity index (χ2n) is 5.86. The quantitative estimate of drug-likeness (QED) is 0.934. The highest BCUT2D eigenvalue weighted by Gasteiger charge is 2.19. The lowest BCUT2D eigenvalue weighted by molar-refractivity contribution is 0.706. The molecule has 21 heavy (non-hydrogen) atoms. The Labute approximate surface area is 131 Å². The summed E-state index contributed by atoms with van der Waals surface area (Å²) in [7, 11) is 0. The molecule has 3 rings (SSSR count). The fourth-order valence-corrected chi connectivity index (χ4v) is 3.32. The maximum absolute atomic E-state index is 6.41. The Morgan fingerprint density at radius 3 is 2.67 bits per heavy atom. The van der Waals surface area contributed by atoms with Crippen LogP contribution < -0.4 is 10.6 Å². The van der Waals surface area contributed by atoms with Crippen molar-refractivity contribution in [2.24, 2.45) is 5.73 Å². The molecule has 1 aliphatic heterocycles. The standard InChI is InChI=1S/C18H21ClN2/c1-13(20)11-16-17(19)7-4-8-18(16)21-10-9-14-5-2-3-6-15(14)12-21/h2-8,13H,9-12,20H2,1H3. The Morgan fingerprint density at radius 1 is 1.14 bits per heavy atom. The molecule has 3 heteroatoms. The van der Waals surface area contributed by atoms with Crippen LogP contribution in [0.15, 0.2) is 42.5 Å². The van der Waals surface area contributed by atoms with Gasteiger partial charge in [-0.2, -0.15) is 0 Å². The van der Waals surface area contributed by atoms with Crippen LogP contribution in [0, 0.1) is 0 Å². The molecule has 1 heterocycles. The predicted molar refractivity (Wildman–Crippen MR) is 90.0 cm³/mol. The molecule has 2 aromatic carbocycles. The maximum atomic E-state index is 6.41. The summed E-state index contributed by atoms with van der Waals surface area (Å²) in [4.78, 5) is 2.42. The Morgan fingerprint density at radius 2 is 1.90 bits per heavy atom. The van der Waals surface area contributed by atoms with Crippen molar-refractivity contribution in [1.82, 2.24) is 0 Å². The second kappa shape index (κ2) is 6.08. The molecule has 0 aliphatic carbocycles. The number of fused-ring (bicyclic) bond motifs is 1. The molecule has 0 fully saturated rings. The van der Waals surface area contributed by atoms with Crippen LogP contribution in [0.4, 0.5) is 5.69 Å². The Hall–Kier alpha value is -1.51. The minimum atomic E-state index is 0.112. The average molecular weight is 301 g/mol. The topological polar surface area (TPSA) is 29.3 Å². The molecule has 0 amide bonds. The lowest BCUT2D eigenvalue weighted by Crippen LogP contribution is -2.31. The number of nitrogens with zero attached hydrogens (tertiary/aromatic N) is 1. The van der Waals surface area contributed by atoms with Gasteiger partial charge in [-0.3, -0.25) is 0 Å². The van der Waals surface area contributed by atoms with Gasteiger partial charge < -0.3 is 10.6 Å². The number of hydrogen-bond donors (Lipinski definition) is 1. The van der Waals surface area contributed by atoms with E-state index >= 15 is 0 Å². The molecule has 0 saturated carbocycles. The second-order valence-corrected chi connectivity index (χ2v) is 6.27. The normalized spacial score (nSPS) is 15.7. The van der Waals surface area contributed by atoms with E-state index in [1.807, 2.05) is 19.1 Å². The number of hydrogen-bond acceptors (Lipinski definition) is 2. The minimum absolute atomic E-state index is 0.112. The van der Waals surface area contributed by atoms with Crippen LogP contribution >= 0.6 is 11.6 Å². The monoisotopic (exact) mass is 300 g/mol. The zero-order valence-electron chi connectivity index (χ0n) is 12.3. The zero-order valence-corrected chi connectivity index (χ0v) is 13.1. The first kappa shape index (κ1) is 14.4. The van der Waals surface area contributed by atoms with Crippen LogP contribution in [0.1, 0.15) is 23.6 Å². The van der Waals surface area contributed by atoms with Gasteiger partial charge in [0.05, 0.1) is 0 Å². The fourth-order valence-electron chi connectivity index (χ4n) is 3.07. The van der Waals surface area contributed by atoms with E-state index in [1.165, 1.54) is 22.4 Å². The summed E-state index contributed by atoms with van der Waals surface area (Å²) >= 11 is 6.41. The predicted octanol–water partition coefficient (Wildman–Crippen LogP) is 3.79. The van der Waals surface area contributed by atoms with Gasteiger partial charge in [0.1, 0.15) is 0 Å². The smallest absolute Gasteiger partial charge is 0.0459 e. The van der Waals surface area contributed by atoms with Crippen LogP contribution in [0.5, 0.6) is 0 Å². The maximum Gasteiger partial charge on any atom is 0.0459 e. The molecule has 2 nitrogen and oxygen atoms in total. The van der Waals surface area contributed by atoms with Gasteiger partial charge in [-0.15, -0.1) is 0 Å². The number of nitrogens with two attached hydrogens (primary N) is 1. The number of benzene rings is 2. The summed E-state index contributed by atoms with van der Waals surface area (Å²) in [5, 5.41) is 0.823. The van der Waals surface area contributed by atoms with E-state index in [0.717, 1.165) is 31.0 Å². The van der Waals surface area contributed by atoms with E-state index in [4.69, 9.17) is 17.3 Å².